The number of aromatic hydroxyl groups is 1. The van der Waals surface area contributed by atoms with Gasteiger partial charge in [-0.2, -0.15) is 0 Å². The number of aryl methyl sites for hydroxylation is 1. The average Bonchev–Trinajstić information content (AvgIpc) is 2.82. The van der Waals surface area contributed by atoms with Gasteiger partial charge in [0, 0.05) is 37.8 Å². The Balaban J connectivity index is 1.45. The number of carbonyl (C=O) groups excluding carboxylic acids is 1. The van der Waals surface area contributed by atoms with Crippen LogP contribution in [0.25, 0.3) is 0 Å². The monoisotopic (exact) mass is 505 g/mol. The number of benzene rings is 2. The highest BCUT2D eigenvalue weighted by atomic mass is 32.2. The van der Waals surface area contributed by atoms with Gasteiger partial charge in [-0.1, -0.05) is 18.2 Å². The van der Waals surface area contributed by atoms with Crippen molar-refractivity contribution in [3.05, 3.63) is 53.6 Å². The van der Waals surface area contributed by atoms with E-state index in [0.717, 1.165) is 43.4 Å². The summed E-state index contributed by atoms with van der Waals surface area (Å²) in [6, 6.07) is 12.9. The summed E-state index contributed by atoms with van der Waals surface area (Å²) >= 11 is 0. The third kappa shape index (κ3) is 8.41. The van der Waals surface area contributed by atoms with Crippen molar-refractivity contribution in [2.24, 2.45) is 0 Å². The molecule has 1 heterocycles. The Labute approximate surface area is 207 Å². The Morgan fingerprint density at radius 1 is 1.17 bits per heavy atom. The highest BCUT2D eigenvalue weighted by Gasteiger charge is 2.21. The molecule has 10 heteroatoms. The number of carbonyl (C=O) groups is 1. The summed E-state index contributed by atoms with van der Waals surface area (Å²) in [5.74, 6) is -0.369. The summed E-state index contributed by atoms with van der Waals surface area (Å²) in [6.07, 6.45) is 3.07. The molecule has 1 fully saturated rings. The van der Waals surface area contributed by atoms with Crippen LogP contribution in [0.15, 0.2) is 42.5 Å². The Morgan fingerprint density at radius 2 is 1.86 bits per heavy atom. The number of hydrogen-bond donors (Lipinski definition) is 4. The van der Waals surface area contributed by atoms with Gasteiger partial charge in [0.1, 0.15) is 5.75 Å². The lowest BCUT2D eigenvalue weighted by Crippen LogP contribution is -2.43. The minimum atomic E-state index is -3.54. The van der Waals surface area contributed by atoms with Gasteiger partial charge in [-0.25, -0.2) is 8.42 Å². The largest absolute Gasteiger partial charge is 0.506 e. The topological polar surface area (TPSA) is 128 Å². The van der Waals surface area contributed by atoms with E-state index in [4.69, 9.17) is 4.74 Å². The van der Waals surface area contributed by atoms with Crippen LogP contribution in [0.2, 0.25) is 0 Å². The second-order valence-corrected chi connectivity index (χ2v) is 10.6. The van der Waals surface area contributed by atoms with E-state index in [0.29, 0.717) is 31.6 Å². The van der Waals surface area contributed by atoms with Crippen molar-refractivity contribution in [2.45, 2.75) is 44.8 Å². The van der Waals surface area contributed by atoms with Gasteiger partial charge in [-0.05, 0) is 61.6 Å². The summed E-state index contributed by atoms with van der Waals surface area (Å²) in [5.41, 5.74) is 2.82. The molecule has 0 aliphatic carbocycles. The maximum atomic E-state index is 11.5. The molecule has 192 valence electrons. The van der Waals surface area contributed by atoms with Crippen molar-refractivity contribution >= 4 is 27.4 Å². The molecule has 1 aliphatic heterocycles. The highest BCUT2D eigenvalue weighted by Crippen LogP contribution is 2.28. The molecule has 9 nitrogen and oxygen atoms in total. The molecule has 2 aromatic rings. The molecular weight excluding hydrogens is 470 g/mol. The van der Waals surface area contributed by atoms with Crippen LogP contribution >= 0.6 is 0 Å². The summed E-state index contributed by atoms with van der Waals surface area (Å²) in [7, 11) is -3.54. The minimum Gasteiger partial charge on any atom is -0.506 e. The van der Waals surface area contributed by atoms with Crippen molar-refractivity contribution < 1.29 is 28.2 Å². The smallest absolute Gasteiger partial charge is 0.306 e. The molecule has 1 atom stereocenters. The van der Waals surface area contributed by atoms with E-state index in [1.54, 1.807) is 13.0 Å². The molecule has 4 N–H and O–H groups in total. The number of aliphatic hydroxyl groups excluding tert-OH is 1. The summed E-state index contributed by atoms with van der Waals surface area (Å²) in [6.45, 7) is 4.31. The number of nitrogens with one attached hydrogen (secondary N) is 2. The zero-order valence-electron chi connectivity index (χ0n) is 20.2. The molecule has 0 amide bonds. The lowest BCUT2D eigenvalue weighted by atomic mass is 10.0. The Hall–Kier alpha value is -2.82. The number of phenols is 1. The summed E-state index contributed by atoms with van der Waals surface area (Å²) in [4.78, 5) is 13.9. The molecule has 2 aromatic carbocycles. The first-order valence-corrected chi connectivity index (χ1v) is 13.8. The van der Waals surface area contributed by atoms with Gasteiger partial charge in [0.25, 0.3) is 0 Å². The van der Waals surface area contributed by atoms with Crippen LogP contribution in [-0.2, 0) is 26.0 Å². The van der Waals surface area contributed by atoms with E-state index in [9.17, 15) is 23.4 Å². The van der Waals surface area contributed by atoms with Gasteiger partial charge in [-0.15, -0.1) is 0 Å². The summed E-state index contributed by atoms with van der Waals surface area (Å²) < 4.78 is 30.2. The number of phenolic OH excluding ortho intramolecular Hbond substituents is 1. The molecule has 0 aromatic heterocycles. The van der Waals surface area contributed by atoms with E-state index in [1.165, 1.54) is 12.1 Å². The maximum absolute atomic E-state index is 11.5. The van der Waals surface area contributed by atoms with Crippen LogP contribution < -0.4 is 14.9 Å². The third-order valence-electron chi connectivity index (χ3n) is 6.02. The van der Waals surface area contributed by atoms with Gasteiger partial charge in [0.15, 0.2) is 0 Å². The molecule has 0 bridgehead atoms. The third-order valence-corrected chi connectivity index (χ3v) is 6.61. The maximum Gasteiger partial charge on any atom is 0.306 e. The van der Waals surface area contributed by atoms with Crippen molar-refractivity contribution in [2.75, 3.05) is 42.1 Å². The standard InChI is InChI=1S/C25H35N3O6S/c1-3-34-25(31)11-6-18-4-8-21(9-5-18)28-14-12-20(13-15-28)26-17-24(30)19-7-10-23(29)22(16-19)27-35(2,32)33/h4-5,7-10,16,20,24,26-27,29-30H,3,6,11-15,17H2,1-2H3/t24-/m1/s1. The van der Waals surface area contributed by atoms with Crippen LogP contribution in [0.4, 0.5) is 11.4 Å². The SMILES string of the molecule is CCOC(=O)CCc1ccc(N2CCC(NC[C@@H](O)c3ccc(O)c(NS(C)(=O)=O)c3)CC2)cc1. The molecule has 1 aliphatic rings. The zero-order valence-corrected chi connectivity index (χ0v) is 21.1. The molecule has 35 heavy (non-hydrogen) atoms. The van der Waals surface area contributed by atoms with Crippen molar-refractivity contribution in [1.82, 2.24) is 5.32 Å². The van der Waals surface area contributed by atoms with Crippen LogP contribution in [0, 0.1) is 0 Å². The van der Waals surface area contributed by atoms with E-state index >= 15 is 0 Å². The Bertz CT molecular complexity index is 1080. The first kappa shape index (κ1) is 26.8. The number of ether oxygens (including phenoxy) is 1. The second kappa shape index (κ2) is 12.2. The number of anilines is 2. The molecule has 0 saturated carbocycles. The molecular formula is C25H35N3O6S. The first-order chi connectivity index (χ1) is 16.6. The number of sulfonamides is 1. The predicted octanol–water partition coefficient (Wildman–Crippen LogP) is 2.55. The number of nitrogens with zero attached hydrogens (tertiary/aromatic N) is 1. The van der Waals surface area contributed by atoms with Gasteiger partial charge in [0.05, 0.1) is 24.7 Å². The number of rotatable bonds is 11. The Kier molecular flexibility index (Phi) is 9.36. The number of piperidine rings is 1. The Morgan fingerprint density at radius 3 is 2.49 bits per heavy atom. The summed E-state index contributed by atoms with van der Waals surface area (Å²) in [5, 5.41) is 23.8. The lowest BCUT2D eigenvalue weighted by Gasteiger charge is -2.34. The van der Waals surface area contributed by atoms with Gasteiger partial charge in [-0.3, -0.25) is 9.52 Å². The molecule has 0 unspecified atom stereocenters. The number of aliphatic hydroxyl groups is 1. The fourth-order valence-electron chi connectivity index (χ4n) is 4.13. The normalized spacial score (nSPS) is 15.6. The van der Waals surface area contributed by atoms with Crippen molar-refractivity contribution in [1.29, 1.82) is 0 Å². The molecule has 3 rings (SSSR count). The van der Waals surface area contributed by atoms with Crippen LogP contribution in [0.5, 0.6) is 5.75 Å². The van der Waals surface area contributed by atoms with Crippen LogP contribution in [0.1, 0.15) is 43.4 Å². The zero-order chi connectivity index (χ0) is 25.4. The average molecular weight is 506 g/mol. The van der Waals surface area contributed by atoms with Crippen LogP contribution in [-0.4, -0.2) is 63.1 Å². The number of esters is 1. The minimum absolute atomic E-state index is 0.0456. The van der Waals surface area contributed by atoms with E-state index in [2.05, 4.69) is 39.2 Å². The quantitative estimate of drug-likeness (QED) is 0.271. The predicted molar refractivity (Wildman–Crippen MR) is 136 cm³/mol. The highest BCUT2D eigenvalue weighted by molar-refractivity contribution is 7.92. The number of hydrogen-bond acceptors (Lipinski definition) is 8. The fourth-order valence-corrected chi connectivity index (χ4v) is 4.70. The van der Waals surface area contributed by atoms with E-state index in [-0.39, 0.29) is 23.4 Å². The molecule has 1 saturated heterocycles. The van der Waals surface area contributed by atoms with Crippen molar-refractivity contribution in [3.8, 4) is 5.75 Å². The van der Waals surface area contributed by atoms with Gasteiger partial charge in [0.2, 0.25) is 10.0 Å². The molecule has 0 radical (unpaired) electrons. The van der Waals surface area contributed by atoms with Gasteiger partial charge >= 0.3 is 5.97 Å². The van der Waals surface area contributed by atoms with E-state index in [1.807, 2.05) is 0 Å². The van der Waals surface area contributed by atoms with E-state index < -0.39 is 16.1 Å². The fraction of sp³-hybridized carbons (Fsp3) is 0.480. The second-order valence-electron chi connectivity index (χ2n) is 8.81. The van der Waals surface area contributed by atoms with Gasteiger partial charge < -0.3 is 25.2 Å². The first-order valence-electron chi connectivity index (χ1n) is 11.9. The lowest BCUT2D eigenvalue weighted by molar-refractivity contribution is -0.143. The molecule has 0 spiro atoms. The van der Waals surface area contributed by atoms with Crippen LogP contribution in [0.3, 0.4) is 0 Å². The van der Waals surface area contributed by atoms with Crippen molar-refractivity contribution in [3.63, 3.8) is 0 Å².